The third-order valence-electron chi connectivity index (χ3n) is 9.83. The van der Waals surface area contributed by atoms with Crippen LogP contribution in [-0.4, -0.2) is 24.2 Å². The Balaban J connectivity index is 0.000000154. The van der Waals surface area contributed by atoms with Crippen LogP contribution >= 0.6 is 0 Å². The van der Waals surface area contributed by atoms with Gasteiger partial charge < -0.3 is 28.4 Å². The number of hydrogen-bond acceptors (Lipinski definition) is 3. The van der Waals surface area contributed by atoms with E-state index in [0.717, 1.165) is 75.0 Å². The Morgan fingerprint density at radius 2 is 0.938 bits per heavy atom. The zero-order chi connectivity index (χ0) is 44.6. The van der Waals surface area contributed by atoms with Crippen LogP contribution in [0.15, 0.2) is 170 Å². The molecule has 0 bridgehead atoms. The van der Waals surface area contributed by atoms with Crippen LogP contribution in [0.3, 0.4) is 0 Å². The molecule has 0 saturated carbocycles. The third-order valence-corrected chi connectivity index (χ3v) is 9.83. The van der Waals surface area contributed by atoms with Crippen LogP contribution in [0.5, 0.6) is 0 Å². The topological polar surface area (TPSA) is 70.4 Å². The minimum absolute atomic E-state index is 0. The van der Waals surface area contributed by atoms with Gasteiger partial charge in [-0.15, -0.1) is 24.3 Å². The Labute approximate surface area is 387 Å². The van der Waals surface area contributed by atoms with Crippen molar-refractivity contribution in [2.45, 2.75) is 6.92 Å². The number of aromatic nitrogens is 8. The third kappa shape index (κ3) is 10.3. The minimum atomic E-state index is -0.686. The second-order valence-electron chi connectivity index (χ2n) is 14.3. The molecule has 65 heavy (non-hydrogen) atoms. The number of halogens is 4. The fraction of sp³-hybridized carbons (Fsp3) is 0.0577. The molecule has 0 amide bonds. The smallest absolute Gasteiger partial charge is 0.242 e. The molecule has 6 aromatic carbocycles. The van der Waals surface area contributed by atoms with E-state index in [2.05, 4.69) is 45.0 Å². The zero-order valence-electron chi connectivity index (χ0n) is 35.1. The first-order chi connectivity index (χ1) is 31.2. The molecule has 0 N–H and O–H groups in total. The van der Waals surface area contributed by atoms with Crippen molar-refractivity contribution >= 4 is 0 Å². The molecule has 10 rings (SSSR count). The van der Waals surface area contributed by atoms with Crippen molar-refractivity contribution in [2.75, 3.05) is 0 Å². The summed E-state index contributed by atoms with van der Waals surface area (Å²) in [7, 11) is 3.71. The molecule has 13 heteroatoms. The fourth-order valence-electron chi connectivity index (χ4n) is 7.07. The van der Waals surface area contributed by atoms with E-state index in [1.165, 1.54) is 0 Å². The summed E-state index contributed by atoms with van der Waals surface area (Å²) in [5.74, 6) is -1.43. The van der Waals surface area contributed by atoms with Gasteiger partial charge in [-0.1, -0.05) is 127 Å². The number of rotatable bonds is 7. The molecular formula is C52H37F4IrN8-3. The van der Waals surface area contributed by atoms with E-state index in [1.54, 1.807) is 22.3 Å². The molecule has 4 aromatic heterocycles. The van der Waals surface area contributed by atoms with Crippen LogP contribution in [0.4, 0.5) is 17.6 Å². The summed E-state index contributed by atoms with van der Waals surface area (Å²) < 4.78 is 62.4. The van der Waals surface area contributed by atoms with Crippen molar-refractivity contribution in [3.63, 3.8) is 0 Å². The molecule has 0 fully saturated rings. The van der Waals surface area contributed by atoms with Gasteiger partial charge in [0.1, 0.15) is 0 Å². The Kier molecular flexibility index (Phi) is 14.5. The van der Waals surface area contributed by atoms with Crippen LogP contribution in [0.1, 0.15) is 5.82 Å². The Hall–Kier alpha value is -7.60. The molecule has 8 nitrogen and oxygen atoms in total. The molecule has 0 saturated heterocycles. The monoisotopic (exact) mass is 1040 g/mol. The van der Waals surface area contributed by atoms with Gasteiger partial charge in [0.25, 0.3) is 0 Å². The maximum Gasteiger partial charge on any atom is 0.242 e. The van der Waals surface area contributed by atoms with Crippen LogP contribution < -0.4 is 14.2 Å². The van der Waals surface area contributed by atoms with Crippen molar-refractivity contribution in [3.05, 3.63) is 224 Å². The van der Waals surface area contributed by atoms with Gasteiger partial charge in [0.15, 0.2) is 0 Å². The Morgan fingerprint density at radius 1 is 0.538 bits per heavy atom. The number of imidazole rings is 2. The first-order valence-corrected chi connectivity index (χ1v) is 20.0. The largest absolute Gasteiger partial charge is 0.421 e. The number of nitrogens with zero attached hydrogens (tertiary/aromatic N) is 8. The summed E-state index contributed by atoms with van der Waals surface area (Å²) >= 11 is 0. The van der Waals surface area contributed by atoms with E-state index in [-0.39, 0.29) is 31.5 Å². The molecular weight excluding hydrogens is 1000 g/mol. The number of pyridine rings is 1. The number of hydrogen-bond donors (Lipinski definition) is 0. The average molecular weight is 1040 g/mol. The molecule has 0 spiro atoms. The molecule has 0 aliphatic carbocycles. The van der Waals surface area contributed by atoms with Gasteiger partial charge in [-0.2, -0.15) is 12.1 Å². The van der Waals surface area contributed by atoms with E-state index < -0.39 is 23.3 Å². The SMILES string of the molecule is C[n+]1[c-]n(-c2[c-]cc(F)cc2F)c(-c2ccccc2)c1-c1ccccc1.C[n+]1[c-]n(-c2[c-]cc(F)cc2F)c(-c2ccccc2)c1-c1ccccc1.Cc1n[n-]c(-c2ccccn2)n1.[Ir]. The summed E-state index contributed by atoms with van der Waals surface area (Å²) in [6.07, 6.45) is 7.96. The second-order valence-corrected chi connectivity index (χ2v) is 14.3. The van der Waals surface area contributed by atoms with Crippen LogP contribution in [0.2, 0.25) is 0 Å². The van der Waals surface area contributed by atoms with Crippen LogP contribution in [0, 0.1) is 55.0 Å². The van der Waals surface area contributed by atoms with E-state index in [4.69, 9.17) is 0 Å². The summed E-state index contributed by atoms with van der Waals surface area (Å²) in [4.78, 5) is 8.19. The average Bonchev–Trinajstić information content (AvgIpc) is 4.02. The van der Waals surface area contributed by atoms with Crippen molar-refractivity contribution < 1.29 is 46.8 Å². The van der Waals surface area contributed by atoms with Crippen molar-refractivity contribution in [1.29, 1.82) is 0 Å². The second kappa shape index (κ2) is 20.7. The molecule has 0 unspecified atom stereocenters. The maximum absolute atomic E-state index is 14.5. The van der Waals surface area contributed by atoms with E-state index in [0.29, 0.717) is 11.6 Å². The quantitative estimate of drug-likeness (QED) is 0.0907. The number of benzene rings is 6. The number of aryl methyl sites for hydroxylation is 3. The van der Waals surface area contributed by atoms with Gasteiger partial charge in [-0.3, -0.25) is 27.6 Å². The van der Waals surface area contributed by atoms with Gasteiger partial charge in [0, 0.05) is 55.4 Å². The molecule has 10 aromatic rings. The van der Waals surface area contributed by atoms with Gasteiger partial charge in [0.2, 0.25) is 12.7 Å². The first-order valence-electron chi connectivity index (χ1n) is 20.0. The Bertz CT molecular complexity index is 2950. The van der Waals surface area contributed by atoms with E-state index in [9.17, 15) is 17.6 Å². The summed E-state index contributed by atoms with van der Waals surface area (Å²) in [5, 5.41) is 7.65. The van der Waals surface area contributed by atoms with E-state index >= 15 is 0 Å². The minimum Gasteiger partial charge on any atom is -0.421 e. The van der Waals surface area contributed by atoms with Crippen LogP contribution in [0.25, 0.3) is 67.9 Å². The summed E-state index contributed by atoms with van der Waals surface area (Å²) in [6.45, 7) is 1.80. The van der Waals surface area contributed by atoms with Gasteiger partial charge in [-0.05, 0) is 58.5 Å². The van der Waals surface area contributed by atoms with Crippen LogP contribution in [-0.2, 0) is 34.2 Å². The van der Waals surface area contributed by atoms with Crippen molar-refractivity contribution in [3.8, 4) is 67.9 Å². The molecule has 0 atom stereocenters. The maximum atomic E-state index is 14.5. The predicted octanol–water partition coefficient (Wildman–Crippen LogP) is 9.83. The molecule has 325 valence electrons. The standard InChI is InChI=1S/2C22H15F2N2.C8H7N4.Ir/c2*1-25-15-26(20-13-12-18(23)14-19(20)24)22(17-10-6-3-7-11-17)21(25)16-8-4-2-5-9-16;1-6-10-8(12-11-6)7-4-2-3-5-9-7;/h2*2-12,14H,1H3;2-5H,1H3;/q3*-1;. The van der Waals surface area contributed by atoms with E-state index in [1.807, 2.05) is 163 Å². The first kappa shape index (κ1) is 45.4. The van der Waals surface area contributed by atoms with Gasteiger partial charge in [0.05, 0.1) is 42.6 Å². The van der Waals surface area contributed by atoms with Crippen molar-refractivity contribution in [1.82, 2.24) is 29.3 Å². The zero-order valence-corrected chi connectivity index (χ0v) is 37.5. The molecule has 1 radical (unpaired) electrons. The summed E-state index contributed by atoms with van der Waals surface area (Å²) in [6, 6.07) is 54.0. The molecule has 0 aliphatic rings. The van der Waals surface area contributed by atoms with Gasteiger partial charge >= 0.3 is 0 Å². The predicted molar refractivity (Wildman–Crippen MR) is 234 cm³/mol. The summed E-state index contributed by atoms with van der Waals surface area (Å²) in [5.41, 5.74) is 8.08. The van der Waals surface area contributed by atoms with Gasteiger partial charge in [-0.25, -0.2) is 0 Å². The molecule has 0 aliphatic heterocycles. The normalized spacial score (nSPS) is 10.6. The fourth-order valence-corrected chi connectivity index (χ4v) is 7.07. The Morgan fingerprint density at radius 3 is 1.29 bits per heavy atom. The molecule has 4 heterocycles. The van der Waals surface area contributed by atoms with Crippen molar-refractivity contribution in [2.24, 2.45) is 14.1 Å².